The van der Waals surface area contributed by atoms with Crippen LogP contribution in [0.25, 0.3) is 0 Å². The van der Waals surface area contributed by atoms with Gasteiger partial charge >= 0.3 is 0 Å². The van der Waals surface area contributed by atoms with Crippen molar-refractivity contribution in [3.63, 3.8) is 0 Å². The fraction of sp³-hybridized carbons (Fsp3) is 0.333. The number of likely N-dealkylation sites (N-methyl/N-ethyl adjacent to an activating group) is 1. The fourth-order valence-electron chi connectivity index (χ4n) is 3.58. The van der Waals surface area contributed by atoms with Gasteiger partial charge in [-0.05, 0) is 48.2 Å². The first-order valence-corrected chi connectivity index (χ1v) is 9.01. The van der Waals surface area contributed by atoms with Crippen molar-refractivity contribution in [2.45, 2.75) is 24.8 Å². The van der Waals surface area contributed by atoms with Crippen LogP contribution in [0.2, 0.25) is 5.02 Å². The highest BCUT2D eigenvalue weighted by atomic mass is 35.5. The Bertz CT molecular complexity index is 838. The van der Waals surface area contributed by atoms with E-state index in [1.807, 2.05) is 49.5 Å². The van der Waals surface area contributed by atoms with Crippen molar-refractivity contribution in [2.75, 3.05) is 20.3 Å². The second-order valence-electron chi connectivity index (χ2n) is 6.68. The van der Waals surface area contributed by atoms with Crippen LogP contribution in [0.3, 0.4) is 0 Å². The molecule has 0 aromatic heterocycles. The highest BCUT2D eigenvalue weighted by Gasteiger charge is 2.43. The Labute approximate surface area is 158 Å². The number of carbonyl (C=O) groups excluding carboxylic acids is 1. The lowest BCUT2D eigenvalue weighted by Gasteiger charge is -2.39. The zero-order chi connectivity index (χ0) is 18.6. The second-order valence-corrected chi connectivity index (χ2v) is 7.11. The molecule has 26 heavy (non-hydrogen) atoms. The number of nitriles is 1. The summed E-state index contributed by atoms with van der Waals surface area (Å²) in [6.07, 6.45) is 1.27. The van der Waals surface area contributed by atoms with E-state index >= 15 is 0 Å². The minimum absolute atomic E-state index is 0.0606. The van der Waals surface area contributed by atoms with Crippen molar-refractivity contribution >= 4 is 17.5 Å². The molecule has 0 saturated carbocycles. The Morgan fingerprint density at radius 3 is 2.65 bits per heavy atom. The van der Waals surface area contributed by atoms with E-state index in [0.29, 0.717) is 43.2 Å². The molecule has 1 amide bonds. The maximum Gasteiger partial charge on any atom is 0.233 e. The maximum atomic E-state index is 13.5. The Kier molecular flexibility index (Phi) is 5.61. The molecule has 0 bridgehead atoms. The van der Waals surface area contributed by atoms with Crippen molar-refractivity contribution < 1.29 is 9.53 Å². The van der Waals surface area contributed by atoms with Gasteiger partial charge in [0.15, 0.2) is 0 Å². The Morgan fingerprint density at radius 1 is 1.23 bits per heavy atom. The van der Waals surface area contributed by atoms with Crippen LogP contribution in [-0.2, 0) is 21.5 Å². The minimum Gasteiger partial charge on any atom is -0.381 e. The van der Waals surface area contributed by atoms with Crippen molar-refractivity contribution in [3.8, 4) is 6.07 Å². The number of nitrogens with zero attached hydrogens (tertiary/aromatic N) is 2. The van der Waals surface area contributed by atoms with Crippen LogP contribution in [0.1, 0.15) is 29.5 Å². The summed E-state index contributed by atoms with van der Waals surface area (Å²) in [6.45, 7) is 1.56. The molecule has 2 aromatic carbocycles. The van der Waals surface area contributed by atoms with Crippen molar-refractivity contribution in [1.29, 1.82) is 5.26 Å². The number of rotatable bonds is 4. The lowest BCUT2D eigenvalue weighted by Crippen LogP contribution is -2.48. The quantitative estimate of drug-likeness (QED) is 0.821. The number of benzene rings is 2. The zero-order valence-corrected chi connectivity index (χ0v) is 15.5. The normalized spacial score (nSPS) is 15.9. The summed E-state index contributed by atoms with van der Waals surface area (Å²) < 4.78 is 5.52. The first-order chi connectivity index (χ1) is 12.5. The maximum absolute atomic E-state index is 13.5. The second kappa shape index (κ2) is 7.90. The summed E-state index contributed by atoms with van der Waals surface area (Å²) >= 11 is 6.19. The van der Waals surface area contributed by atoms with Crippen LogP contribution < -0.4 is 0 Å². The first kappa shape index (κ1) is 18.4. The zero-order valence-electron chi connectivity index (χ0n) is 14.7. The van der Waals surface area contributed by atoms with E-state index in [9.17, 15) is 4.79 Å². The van der Waals surface area contributed by atoms with E-state index in [2.05, 4.69) is 6.07 Å². The third-order valence-corrected chi connectivity index (χ3v) is 5.19. The van der Waals surface area contributed by atoms with Crippen LogP contribution in [-0.4, -0.2) is 31.1 Å². The van der Waals surface area contributed by atoms with E-state index in [0.717, 1.165) is 11.1 Å². The molecule has 0 aliphatic carbocycles. The molecule has 3 rings (SSSR count). The molecule has 2 aromatic rings. The predicted molar refractivity (Wildman–Crippen MR) is 101 cm³/mol. The fourth-order valence-corrected chi connectivity index (χ4v) is 3.77. The van der Waals surface area contributed by atoms with Gasteiger partial charge in [0.2, 0.25) is 5.91 Å². The summed E-state index contributed by atoms with van der Waals surface area (Å²) in [6, 6.07) is 17.1. The summed E-state index contributed by atoms with van der Waals surface area (Å²) in [5.74, 6) is 0.0606. The number of halogens is 1. The number of hydrogen-bond donors (Lipinski definition) is 0. The standard InChI is InChI=1S/C21H21ClN2O2/c1-24(15-17-5-2-4-16(12-17)14-23)20(25)21(8-10-26-11-9-21)18-6-3-7-19(22)13-18/h2-7,12-13H,8-11,15H2,1H3. The third-order valence-electron chi connectivity index (χ3n) is 4.96. The van der Waals surface area contributed by atoms with Gasteiger partial charge in [-0.3, -0.25) is 4.79 Å². The van der Waals surface area contributed by atoms with Crippen molar-refractivity contribution in [3.05, 3.63) is 70.2 Å². The van der Waals surface area contributed by atoms with E-state index in [-0.39, 0.29) is 5.91 Å². The number of amides is 1. The van der Waals surface area contributed by atoms with Crippen LogP contribution >= 0.6 is 11.6 Å². The van der Waals surface area contributed by atoms with Crippen LogP contribution in [0, 0.1) is 11.3 Å². The third kappa shape index (κ3) is 3.75. The molecular weight excluding hydrogens is 348 g/mol. The molecule has 1 saturated heterocycles. The smallest absolute Gasteiger partial charge is 0.233 e. The minimum atomic E-state index is -0.620. The summed E-state index contributed by atoms with van der Waals surface area (Å²) in [5.41, 5.74) is 1.85. The Balaban J connectivity index is 1.89. The molecule has 1 aliphatic rings. The van der Waals surface area contributed by atoms with Gasteiger partial charge in [-0.25, -0.2) is 0 Å². The van der Waals surface area contributed by atoms with E-state index < -0.39 is 5.41 Å². The van der Waals surface area contributed by atoms with Gasteiger partial charge in [-0.15, -0.1) is 0 Å². The highest BCUT2D eigenvalue weighted by Crippen LogP contribution is 2.37. The Morgan fingerprint density at radius 2 is 1.96 bits per heavy atom. The van der Waals surface area contributed by atoms with Gasteiger partial charge in [-0.1, -0.05) is 35.9 Å². The molecule has 0 atom stereocenters. The average Bonchev–Trinajstić information content (AvgIpc) is 2.68. The molecule has 1 heterocycles. The van der Waals surface area contributed by atoms with Gasteiger partial charge in [0.05, 0.1) is 17.0 Å². The molecule has 5 heteroatoms. The van der Waals surface area contributed by atoms with E-state index in [1.54, 1.807) is 11.0 Å². The number of carbonyl (C=O) groups is 1. The van der Waals surface area contributed by atoms with E-state index in [1.165, 1.54) is 0 Å². The average molecular weight is 369 g/mol. The number of ether oxygens (including phenoxy) is 1. The van der Waals surface area contributed by atoms with Gasteiger partial charge in [0, 0.05) is 31.8 Å². The van der Waals surface area contributed by atoms with Gasteiger partial charge in [0.1, 0.15) is 0 Å². The molecule has 1 aliphatic heterocycles. The number of hydrogen-bond acceptors (Lipinski definition) is 3. The highest BCUT2D eigenvalue weighted by molar-refractivity contribution is 6.30. The largest absolute Gasteiger partial charge is 0.381 e. The first-order valence-electron chi connectivity index (χ1n) is 8.63. The van der Waals surface area contributed by atoms with Crippen LogP contribution in [0.4, 0.5) is 0 Å². The molecular formula is C21H21ClN2O2. The predicted octanol–water partition coefficient (Wildman–Crippen LogP) is 3.92. The lowest BCUT2D eigenvalue weighted by atomic mass is 9.73. The molecule has 4 nitrogen and oxygen atoms in total. The van der Waals surface area contributed by atoms with Gasteiger partial charge in [-0.2, -0.15) is 5.26 Å². The van der Waals surface area contributed by atoms with Crippen LogP contribution in [0.5, 0.6) is 0 Å². The van der Waals surface area contributed by atoms with E-state index in [4.69, 9.17) is 21.6 Å². The topological polar surface area (TPSA) is 53.3 Å². The molecule has 0 spiro atoms. The lowest BCUT2D eigenvalue weighted by molar-refractivity contribution is -0.140. The van der Waals surface area contributed by atoms with Gasteiger partial charge in [0.25, 0.3) is 0 Å². The van der Waals surface area contributed by atoms with Crippen molar-refractivity contribution in [1.82, 2.24) is 4.90 Å². The van der Waals surface area contributed by atoms with Crippen LogP contribution in [0.15, 0.2) is 48.5 Å². The summed E-state index contributed by atoms with van der Waals surface area (Å²) in [4.78, 5) is 15.2. The monoisotopic (exact) mass is 368 g/mol. The molecule has 134 valence electrons. The molecule has 1 fully saturated rings. The summed E-state index contributed by atoms with van der Waals surface area (Å²) in [7, 11) is 1.81. The Hall–Kier alpha value is -2.35. The molecule has 0 N–H and O–H groups in total. The molecule has 0 unspecified atom stereocenters. The van der Waals surface area contributed by atoms with Crippen molar-refractivity contribution in [2.24, 2.45) is 0 Å². The summed E-state index contributed by atoms with van der Waals surface area (Å²) in [5, 5.41) is 9.70. The SMILES string of the molecule is CN(Cc1cccc(C#N)c1)C(=O)C1(c2cccc(Cl)c2)CCOCC1. The van der Waals surface area contributed by atoms with Gasteiger partial charge < -0.3 is 9.64 Å². The molecule has 0 radical (unpaired) electrons.